The molecule has 320 valence electrons. The van der Waals surface area contributed by atoms with Crippen LogP contribution in [0.1, 0.15) is 63.9 Å². The Bertz CT molecular complexity index is 2370. The zero-order valence-electron chi connectivity index (χ0n) is 35.2. The highest BCUT2D eigenvalue weighted by atomic mass is 32.2. The minimum Gasteiger partial charge on any atom is -0.443 e. The molecule has 0 radical (unpaired) electrons. The summed E-state index contributed by atoms with van der Waals surface area (Å²) in [5.41, 5.74) is 13.6. The van der Waals surface area contributed by atoms with Gasteiger partial charge in [-0.25, -0.2) is 31.4 Å². The fraction of sp³-hybridized carbons (Fsp3) is 0.439. The van der Waals surface area contributed by atoms with Crippen LogP contribution in [0.2, 0.25) is 0 Å². The maximum Gasteiger partial charge on any atom is 0.414 e. The Morgan fingerprint density at radius 2 is 1.31 bits per heavy atom. The number of carbonyl (C=O) groups excluding carboxylic acids is 2. The fourth-order valence-electron chi connectivity index (χ4n) is 6.63. The number of sulfonamides is 2. The maximum atomic E-state index is 12.2. The number of H-pyrrole nitrogens is 1. The summed E-state index contributed by atoms with van der Waals surface area (Å²) in [4.78, 5) is 36.7. The topological polar surface area (TPSA) is 201 Å². The molecule has 4 heterocycles. The molecule has 1 aromatic heterocycles. The zero-order chi connectivity index (χ0) is 43.5. The van der Waals surface area contributed by atoms with Crippen molar-refractivity contribution in [2.45, 2.75) is 78.6 Å². The fourth-order valence-corrected chi connectivity index (χ4v) is 7.68. The molecular weight excluding hydrogens is 797 g/mol. The summed E-state index contributed by atoms with van der Waals surface area (Å²) in [7, 11) is -5.01. The standard InChI is InChI=1S/C14H18N4O2S.C14H20N2O4S.C13H18N2O2/c1-17(21(2,19)20)13-4-3-11-5-6-18(14(11)7-13)9-12-8-15-10-16-12;1-14(2,3)20-13(17)16-8-7-10-5-6-11(9-12(10)16)15-21(4,18)19;1-13(2,3)17-12(16)15-7-6-9-4-5-10(14)8-11(9)15/h3-4,7-8,10H,5-6,9H2,1-2H3,(H,15,16);5-6,9,15H,7-8H2,1-4H3;4-5,8H,6-7,14H2,1-3H3. The van der Waals surface area contributed by atoms with Gasteiger partial charge in [-0.2, -0.15) is 0 Å². The highest BCUT2D eigenvalue weighted by Gasteiger charge is 2.30. The van der Waals surface area contributed by atoms with Crippen molar-refractivity contribution >= 4 is 66.4 Å². The summed E-state index contributed by atoms with van der Waals surface area (Å²) in [6, 6.07) is 16.6. The highest BCUT2D eigenvalue weighted by Crippen LogP contribution is 2.35. The Morgan fingerprint density at radius 1 is 0.780 bits per heavy atom. The van der Waals surface area contributed by atoms with E-state index in [1.54, 1.807) is 30.4 Å². The second-order valence-electron chi connectivity index (χ2n) is 16.7. The first-order chi connectivity index (χ1) is 27.4. The Labute approximate surface area is 347 Å². The van der Waals surface area contributed by atoms with Gasteiger partial charge in [0.1, 0.15) is 11.2 Å². The monoisotopic (exact) mass is 852 g/mol. The predicted molar refractivity (Wildman–Crippen MR) is 233 cm³/mol. The van der Waals surface area contributed by atoms with Crippen molar-refractivity contribution in [1.29, 1.82) is 0 Å². The third-order valence-electron chi connectivity index (χ3n) is 9.35. The predicted octanol–water partition coefficient (Wildman–Crippen LogP) is 6.29. The third kappa shape index (κ3) is 12.3. The number of aromatic amines is 1. The van der Waals surface area contributed by atoms with Crippen LogP contribution in [-0.4, -0.2) is 89.4 Å². The number of hydrogen-bond donors (Lipinski definition) is 3. The van der Waals surface area contributed by atoms with E-state index in [1.807, 2.05) is 90.2 Å². The molecule has 0 aliphatic carbocycles. The van der Waals surface area contributed by atoms with E-state index in [4.69, 9.17) is 15.2 Å². The first-order valence-electron chi connectivity index (χ1n) is 19.2. The van der Waals surface area contributed by atoms with Gasteiger partial charge in [-0.3, -0.25) is 18.8 Å². The van der Waals surface area contributed by atoms with Crippen molar-refractivity contribution < 1.29 is 35.9 Å². The summed E-state index contributed by atoms with van der Waals surface area (Å²) in [5.74, 6) is 0. The van der Waals surface area contributed by atoms with Crippen LogP contribution in [0.4, 0.5) is 43.7 Å². The first-order valence-corrected chi connectivity index (χ1v) is 22.9. The molecule has 0 unspecified atom stereocenters. The van der Waals surface area contributed by atoms with Crippen molar-refractivity contribution in [1.82, 2.24) is 9.97 Å². The SMILES string of the molecule is CC(C)(C)OC(=O)N1CCc2ccc(N)cc21.CC(C)(C)OC(=O)N1CCc2ccc(NS(C)(=O)=O)cc21.CN(c1ccc2c(c1)N(Cc1cnc[nH]1)CC2)S(C)(=O)=O. The summed E-state index contributed by atoms with van der Waals surface area (Å²) < 4.78 is 60.4. The molecule has 3 aliphatic rings. The van der Waals surface area contributed by atoms with Gasteiger partial charge in [0.25, 0.3) is 0 Å². The molecule has 16 nitrogen and oxygen atoms in total. The van der Waals surface area contributed by atoms with E-state index in [-0.39, 0.29) is 6.09 Å². The molecule has 4 aromatic rings. The van der Waals surface area contributed by atoms with Crippen molar-refractivity contribution in [2.24, 2.45) is 0 Å². The van der Waals surface area contributed by atoms with Crippen LogP contribution >= 0.6 is 0 Å². The van der Waals surface area contributed by atoms with Gasteiger partial charge in [0.15, 0.2) is 0 Å². The molecule has 3 aromatic carbocycles. The van der Waals surface area contributed by atoms with Crippen LogP contribution in [0.5, 0.6) is 0 Å². The summed E-state index contributed by atoms with van der Waals surface area (Å²) >= 11 is 0. The highest BCUT2D eigenvalue weighted by molar-refractivity contribution is 7.92. The van der Waals surface area contributed by atoms with E-state index in [2.05, 4.69) is 19.6 Å². The Balaban J connectivity index is 0.000000169. The lowest BCUT2D eigenvalue weighted by Gasteiger charge is -2.25. The summed E-state index contributed by atoms with van der Waals surface area (Å²) in [5, 5.41) is 0. The number of nitrogens with one attached hydrogen (secondary N) is 2. The van der Waals surface area contributed by atoms with Crippen LogP contribution in [-0.2, 0) is 55.3 Å². The van der Waals surface area contributed by atoms with E-state index < -0.39 is 37.3 Å². The molecule has 0 saturated carbocycles. The smallest absolute Gasteiger partial charge is 0.414 e. The van der Waals surface area contributed by atoms with Gasteiger partial charge >= 0.3 is 12.2 Å². The van der Waals surface area contributed by atoms with Gasteiger partial charge in [-0.05, 0) is 114 Å². The number of carbonyl (C=O) groups is 2. The number of benzene rings is 3. The molecule has 0 saturated heterocycles. The van der Waals surface area contributed by atoms with Crippen molar-refractivity contribution in [3.8, 4) is 0 Å². The van der Waals surface area contributed by atoms with Gasteiger partial charge < -0.3 is 25.1 Å². The molecule has 0 spiro atoms. The van der Waals surface area contributed by atoms with Crippen LogP contribution < -0.4 is 29.5 Å². The Morgan fingerprint density at radius 3 is 1.83 bits per heavy atom. The van der Waals surface area contributed by atoms with Crippen molar-refractivity contribution in [3.63, 3.8) is 0 Å². The molecule has 59 heavy (non-hydrogen) atoms. The van der Waals surface area contributed by atoms with Gasteiger partial charge in [0.05, 0.1) is 53.8 Å². The molecule has 3 aliphatic heterocycles. The number of amides is 2. The Hall–Kier alpha value is -5.49. The number of rotatable bonds is 6. The average Bonchev–Trinajstić information content (AvgIpc) is 3.93. The number of aromatic nitrogens is 2. The van der Waals surface area contributed by atoms with Crippen molar-refractivity contribution in [2.75, 3.05) is 68.7 Å². The minimum absolute atomic E-state index is 0.304. The summed E-state index contributed by atoms with van der Waals surface area (Å²) in [6.45, 7) is 13.9. The van der Waals surface area contributed by atoms with E-state index in [1.165, 1.54) is 21.0 Å². The third-order valence-corrected chi connectivity index (χ3v) is 11.2. The van der Waals surface area contributed by atoms with Crippen molar-refractivity contribution in [3.05, 3.63) is 89.5 Å². The number of hydrogen-bond acceptors (Lipinski definition) is 11. The zero-order valence-corrected chi connectivity index (χ0v) is 36.8. The van der Waals surface area contributed by atoms with E-state index >= 15 is 0 Å². The molecule has 0 atom stereocenters. The lowest BCUT2D eigenvalue weighted by Crippen LogP contribution is -2.35. The number of nitrogen functional groups attached to an aromatic ring is 1. The largest absolute Gasteiger partial charge is 0.443 e. The maximum absolute atomic E-state index is 12.2. The lowest BCUT2D eigenvalue weighted by molar-refractivity contribution is 0.0573. The molecule has 0 fully saturated rings. The van der Waals surface area contributed by atoms with Crippen LogP contribution in [0, 0.1) is 0 Å². The number of nitrogens with zero attached hydrogens (tertiary/aromatic N) is 5. The number of anilines is 6. The molecule has 7 rings (SSSR count). The van der Waals surface area contributed by atoms with E-state index in [0.717, 1.165) is 66.8 Å². The second-order valence-corrected chi connectivity index (χ2v) is 20.4. The first kappa shape index (κ1) is 44.6. The summed E-state index contributed by atoms with van der Waals surface area (Å²) in [6.07, 6.45) is 7.62. The lowest BCUT2D eigenvalue weighted by atomic mass is 10.1. The average molecular weight is 853 g/mol. The molecule has 4 N–H and O–H groups in total. The number of nitrogens with two attached hydrogens (primary N) is 1. The molecule has 2 amide bonds. The second kappa shape index (κ2) is 17.4. The van der Waals surface area contributed by atoms with Crippen LogP contribution in [0.15, 0.2) is 67.1 Å². The normalized spacial score (nSPS) is 14.6. The number of imidazole rings is 1. The van der Waals surface area contributed by atoms with Gasteiger partial charge in [0, 0.05) is 44.3 Å². The van der Waals surface area contributed by atoms with E-state index in [9.17, 15) is 26.4 Å². The van der Waals surface area contributed by atoms with Gasteiger partial charge in [0.2, 0.25) is 20.0 Å². The van der Waals surface area contributed by atoms with Crippen LogP contribution in [0.3, 0.4) is 0 Å². The number of ether oxygens (including phenoxy) is 2. The molecule has 0 bridgehead atoms. The molecular formula is C41H56N8O8S2. The van der Waals surface area contributed by atoms with Gasteiger partial charge in [-0.15, -0.1) is 0 Å². The minimum atomic E-state index is -3.35. The number of fused-ring (bicyclic) bond motifs is 3. The Kier molecular flexibility index (Phi) is 13.1. The van der Waals surface area contributed by atoms with E-state index in [0.29, 0.717) is 35.8 Å². The van der Waals surface area contributed by atoms with Gasteiger partial charge in [-0.1, -0.05) is 18.2 Å². The quantitative estimate of drug-likeness (QED) is 0.184. The molecule has 18 heteroatoms. The van der Waals surface area contributed by atoms with Crippen LogP contribution in [0.25, 0.3) is 0 Å².